The van der Waals surface area contributed by atoms with Gasteiger partial charge in [0.25, 0.3) is 0 Å². The van der Waals surface area contributed by atoms with Gasteiger partial charge in [-0.15, -0.1) is 0 Å². The van der Waals surface area contributed by atoms with E-state index < -0.39 is 10.1 Å². The minimum absolute atomic E-state index is 0.293. The first-order chi connectivity index (χ1) is 8.05. The van der Waals surface area contributed by atoms with Gasteiger partial charge in [-0.25, -0.2) is 4.79 Å². The van der Waals surface area contributed by atoms with E-state index >= 15 is 0 Å². The fourth-order valence-corrected chi connectivity index (χ4v) is 4.78. The van der Waals surface area contributed by atoms with E-state index in [4.69, 9.17) is 0 Å². The van der Waals surface area contributed by atoms with Crippen LogP contribution >= 0.6 is 0 Å². The number of hydrogen-bond donors (Lipinski definition) is 2. The second-order valence-electron chi connectivity index (χ2n) is 4.32. The molecule has 0 aliphatic carbocycles. The van der Waals surface area contributed by atoms with Gasteiger partial charge in [0.05, 0.1) is 12.7 Å². The number of ether oxygens (including phenoxy) is 1. The smallest absolute Gasteiger partial charge is 0.337 e. The van der Waals surface area contributed by atoms with E-state index in [1.807, 2.05) is 6.92 Å². The summed E-state index contributed by atoms with van der Waals surface area (Å²) in [6, 6.07) is 7.11. The Morgan fingerprint density at radius 2 is 2.06 bits per heavy atom. The van der Waals surface area contributed by atoms with Crippen molar-refractivity contribution in [1.29, 1.82) is 0 Å². The van der Waals surface area contributed by atoms with Crippen molar-refractivity contribution >= 4 is 16.1 Å². The monoisotopic (exact) mass is 255 g/mol. The fourth-order valence-electron chi connectivity index (χ4n) is 2.02. The summed E-state index contributed by atoms with van der Waals surface area (Å²) in [6.07, 6.45) is 0.927. The molecule has 0 aromatic heterocycles. The highest BCUT2D eigenvalue weighted by Gasteiger charge is 2.27. The molecule has 1 unspecified atom stereocenters. The van der Waals surface area contributed by atoms with Gasteiger partial charge in [-0.05, 0) is 47.7 Å². The summed E-state index contributed by atoms with van der Waals surface area (Å²) in [7, 11) is -1.09. The average Bonchev–Trinajstić information content (AvgIpc) is 2.70. The molecule has 0 spiro atoms. The van der Waals surface area contributed by atoms with Crippen LogP contribution in [0.15, 0.2) is 29.2 Å². The van der Waals surface area contributed by atoms with Gasteiger partial charge in [0.2, 0.25) is 0 Å². The number of esters is 1. The number of carbonyl (C=O) groups is 1. The Kier molecular flexibility index (Phi) is 3.31. The van der Waals surface area contributed by atoms with Gasteiger partial charge >= 0.3 is 5.97 Å². The van der Waals surface area contributed by atoms with Gasteiger partial charge in [0.15, 0.2) is 0 Å². The first-order valence-corrected chi connectivity index (χ1v) is 7.50. The zero-order valence-corrected chi connectivity index (χ0v) is 10.9. The van der Waals surface area contributed by atoms with Gasteiger partial charge in [-0.1, -0.05) is 0 Å². The highest BCUT2D eigenvalue weighted by molar-refractivity contribution is 8.01. The molecular formula is C12H17NO3S. The molecule has 1 atom stereocenters. The normalized spacial score (nSPS) is 24.2. The quantitative estimate of drug-likeness (QED) is 0.615. The maximum absolute atomic E-state index is 12.5. The number of rotatable bonds is 2. The Balaban J connectivity index is 2.24. The van der Waals surface area contributed by atoms with E-state index in [1.54, 1.807) is 24.3 Å². The Hall–Kier alpha value is -1.20. The third kappa shape index (κ3) is 2.40. The summed E-state index contributed by atoms with van der Waals surface area (Å²) in [6.45, 7) is 2.03. The van der Waals surface area contributed by atoms with Gasteiger partial charge in [0.1, 0.15) is 0 Å². The molecule has 1 heterocycles. The van der Waals surface area contributed by atoms with E-state index in [2.05, 4.69) is 9.46 Å². The highest BCUT2D eigenvalue weighted by Crippen LogP contribution is 2.24. The summed E-state index contributed by atoms with van der Waals surface area (Å²) < 4.78 is 20.3. The van der Waals surface area contributed by atoms with Gasteiger partial charge in [-0.2, -0.15) is 0 Å². The van der Waals surface area contributed by atoms with Gasteiger partial charge < -0.3 is 4.74 Å². The van der Waals surface area contributed by atoms with Crippen molar-refractivity contribution < 1.29 is 13.7 Å². The molecule has 2 rings (SSSR count). The fraction of sp³-hybridized carbons (Fsp3) is 0.417. The lowest BCUT2D eigenvalue weighted by atomic mass is 10.2. The van der Waals surface area contributed by atoms with Crippen molar-refractivity contribution in [2.75, 3.05) is 12.9 Å². The van der Waals surface area contributed by atoms with Crippen LogP contribution in [0.25, 0.3) is 0 Å². The van der Waals surface area contributed by atoms with Crippen molar-refractivity contribution in [1.82, 2.24) is 4.72 Å². The molecule has 17 heavy (non-hydrogen) atoms. The largest absolute Gasteiger partial charge is 0.465 e. The third-order valence-electron chi connectivity index (χ3n) is 3.01. The Bertz CT molecular complexity index is 469. The van der Waals surface area contributed by atoms with Gasteiger partial charge in [-0.3, -0.25) is 8.93 Å². The van der Waals surface area contributed by atoms with Crippen LogP contribution in [0, 0.1) is 0 Å². The van der Waals surface area contributed by atoms with Crippen LogP contribution in [0.5, 0.6) is 0 Å². The minimum Gasteiger partial charge on any atom is -0.465 e. The number of nitrogens with one attached hydrogen (secondary N) is 1. The van der Waals surface area contributed by atoms with Crippen LogP contribution in [0.4, 0.5) is 0 Å². The molecule has 4 nitrogen and oxygen atoms in total. The van der Waals surface area contributed by atoms with Crippen LogP contribution in [0.1, 0.15) is 23.7 Å². The average molecular weight is 255 g/mol. The van der Waals surface area contributed by atoms with Crippen molar-refractivity contribution in [3.05, 3.63) is 29.8 Å². The van der Waals surface area contributed by atoms with Gasteiger partial charge in [0, 0.05) is 16.7 Å². The molecule has 1 N–H and O–H groups in total. The van der Waals surface area contributed by atoms with Crippen LogP contribution in [0.2, 0.25) is 0 Å². The molecule has 5 heteroatoms. The third-order valence-corrected chi connectivity index (χ3v) is 5.89. The second kappa shape index (κ2) is 4.58. The highest BCUT2D eigenvalue weighted by atomic mass is 32.3. The van der Waals surface area contributed by atoms with Crippen molar-refractivity contribution in [2.24, 2.45) is 0 Å². The lowest BCUT2D eigenvalue weighted by Gasteiger charge is -2.19. The summed E-state index contributed by atoms with van der Waals surface area (Å²) in [5, 5.41) is 0. The zero-order chi connectivity index (χ0) is 12.5. The summed E-state index contributed by atoms with van der Waals surface area (Å²) in [5.74, 6) is 0.314. The molecule has 1 aromatic carbocycles. The van der Waals surface area contributed by atoms with Crippen LogP contribution < -0.4 is 4.72 Å². The molecular weight excluding hydrogens is 238 g/mol. The summed E-state index contributed by atoms with van der Waals surface area (Å²) in [5.41, 5.74) is 0.482. The molecule has 0 bridgehead atoms. The Morgan fingerprint density at radius 1 is 1.41 bits per heavy atom. The molecule has 1 aromatic rings. The predicted octanol–water partition coefficient (Wildman–Crippen LogP) is 1.15. The van der Waals surface area contributed by atoms with E-state index in [0.717, 1.165) is 11.3 Å². The number of hydrogen-bond acceptors (Lipinski definition) is 3. The van der Waals surface area contributed by atoms with Crippen LogP contribution in [-0.4, -0.2) is 29.1 Å². The number of methoxy groups -OCH3 is 1. The Morgan fingerprint density at radius 3 is 2.53 bits per heavy atom. The second-order valence-corrected chi connectivity index (χ2v) is 7.02. The Labute approximate surface area is 102 Å². The topological polar surface area (TPSA) is 55.4 Å². The van der Waals surface area contributed by atoms with Crippen molar-refractivity contribution in [2.45, 2.75) is 24.3 Å². The maximum atomic E-state index is 12.5. The predicted molar refractivity (Wildman–Crippen MR) is 67.7 cm³/mol. The van der Waals surface area contributed by atoms with Crippen LogP contribution in [-0.2, 0) is 14.9 Å². The first-order valence-electron chi connectivity index (χ1n) is 5.61. The summed E-state index contributed by atoms with van der Waals surface area (Å²) in [4.78, 5) is 12.1. The lowest BCUT2D eigenvalue weighted by Crippen LogP contribution is -2.30. The number of benzene rings is 1. The zero-order valence-electron chi connectivity index (χ0n) is 9.97. The van der Waals surface area contributed by atoms with Crippen LogP contribution in [0.3, 0.4) is 0 Å². The molecule has 0 radical (unpaired) electrons. The lowest BCUT2D eigenvalue weighted by molar-refractivity contribution is 0.0600. The van der Waals surface area contributed by atoms with E-state index in [9.17, 15) is 9.00 Å². The standard InChI is InChI=1S/C12H17NO3S/c1-9-7-8-17(15,13-9)11-5-3-10(4-6-11)12(14)16-2/h3-6,9,17H,7-8H2,1-2H3,(H,13,15). The maximum Gasteiger partial charge on any atom is 0.337 e. The van der Waals surface area contributed by atoms with Crippen molar-refractivity contribution in [3.8, 4) is 0 Å². The molecule has 0 amide bonds. The van der Waals surface area contributed by atoms with E-state index in [1.165, 1.54) is 7.11 Å². The summed E-state index contributed by atoms with van der Waals surface area (Å²) >= 11 is 0. The molecule has 1 fully saturated rings. The number of carbonyl (C=O) groups excluding carboxylic acids is 1. The van der Waals surface area contributed by atoms with Crippen molar-refractivity contribution in [3.63, 3.8) is 0 Å². The first kappa shape index (κ1) is 12.3. The minimum atomic E-state index is -2.44. The molecule has 0 saturated carbocycles. The molecule has 1 aliphatic rings. The molecule has 1 aliphatic heterocycles. The van der Waals surface area contributed by atoms with E-state index in [0.29, 0.717) is 17.4 Å². The molecule has 94 valence electrons. The molecule has 1 saturated heterocycles. The SMILES string of the molecule is COC(=O)c1ccc([SH]2(=O)CCC(C)N2)cc1. The van der Waals surface area contributed by atoms with E-state index in [-0.39, 0.29) is 5.97 Å². The number of thiol groups is 1.